The number of hydrogen-bond donors (Lipinski definition) is 2. The number of hydrogen-bond acceptors (Lipinski definition) is 11. The summed E-state index contributed by atoms with van der Waals surface area (Å²) in [5.74, 6) is -3.79. The zero-order valence-electron chi connectivity index (χ0n) is 44.7. The normalized spacial score (nSPS) is 13.4. The maximum absolute atomic E-state index is 15.1. The van der Waals surface area contributed by atoms with Crippen LogP contribution in [0.15, 0.2) is 154 Å². The molecule has 15 nitrogen and oxygen atoms in total. The molecule has 8 aromatic rings. The number of urea groups is 2. The molecule has 2 aromatic heterocycles. The quantitative estimate of drug-likeness (QED) is 0.0662. The molecular formula is C59H58BrF8N11O4. The van der Waals surface area contributed by atoms with Gasteiger partial charge in [-0.25, -0.2) is 27.2 Å². The van der Waals surface area contributed by atoms with Gasteiger partial charge in [-0.05, 0) is 116 Å². The summed E-state index contributed by atoms with van der Waals surface area (Å²) < 4.78 is 116. The Balaban J connectivity index is 0.000000185. The summed E-state index contributed by atoms with van der Waals surface area (Å²) in [4.78, 5) is 35.4. The van der Waals surface area contributed by atoms with Crippen LogP contribution in [-0.4, -0.2) is 102 Å². The van der Waals surface area contributed by atoms with Crippen molar-refractivity contribution in [3.63, 3.8) is 0 Å². The molecule has 0 radical (unpaired) electrons. The molecular weight excluding hydrogens is 1160 g/mol. The van der Waals surface area contributed by atoms with Crippen molar-refractivity contribution >= 4 is 50.7 Å². The van der Waals surface area contributed by atoms with Crippen molar-refractivity contribution in [2.75, 3.05) is 83.8 Å². The fourth-order valence-corrected chi connectivity index (χ4v) is 9.16. The lowest BCUT2D eigenvalue weighted by molar-refractivity contribution is 0.115. The number of alkyl halides is 5. The molecule has 0 aliphatic carbocycles. The fourth-order valence-electron chi connectivity index (χ4n) is 8.96. The third kappa shape index (κ3) is 17.3. The Bertz CT molecular complexity index is 3300. The first-order valence-electron chi connectivity index (χ1n) is 26.5. The molecule has 2 saturated heterocycles. The molecule has 83 heavy (non-hydrogen) atoms. The van der Waals surface area contributed by atoms with Gasteiger partial charge in [0.15, 0.2) is 0 Å². The predicted octanol–water partition coefficient (Wildman–Crippen LogP) is 13.2. The Labute approximate surface area is 482 Å². The van der Waals surface area contributed by atoms with Crippen molar-refractivity contribution < 1.29 is 53.5 Å². The van der Waals surface area contributed by atoms with E-state index in [9.17, 15) is 40.3 Å². The number of piperidine rings is 1. The van der Waals surface area contributed by atoms with E-state index in [-0.39, 0.29) is 70.8 Å². The average Bonchev–Trinajstić information content (AvgIpc) is 4.26. The zero-order valence-corrected chi connectivity index (χ0v) is 46.3. The lowest BCUT2D eigenvalue weighted by Gasteiger charge is -2.36. The van der Waals surface area contributed by atoms with E-state index in [0.29, 0.717) is 36.3 Å². The fraction of sp³-hybridized carbons (Fsp3) is 0.288. The number of aromatic nitrogens is 4. The second kappa shape index (κ2) is 30.1. The van der Waals surface area contributed by atoms with E-state index in [1.165, 1.54) is 77.6 Å². The standard InChI is InChI=1S/C29H28F4N6O2.C19H16BrF3N4O2.C11H14FN/c30-22-8-10-23(11-9-22)38-16-14-37(15-17-38)13-12-34-29(40)39(24-4-2-1-3-5-24)19-21-7-6-20(18-25(21)31)27-35-36-28(41-27)26(32)33;20-8-9-24-19(28)27(14-4-2-1-3-5-14)11-13-7-6-12(10-15(13)21)17-25-26-18(29-17)16(22)23;12-10-4-6-11(7-5-10)13-8-2-1-3-9-13/h1-11,18,26H,12-17,19H2,(H,34,40);1-7,10,16H,8-9,11H2,(H,24,28);4-7H,1-3,8-9H2. The minimum Gasteiger partial charge on any atom is -0.415 e. The van der Waals surface area contributed by atoms with Gasteiger partial charge < -0.3 is 29.3 Å². The Morgan fingerprint density at radius 3 is 1.34 bits per heavy atom. The molecule has 2 aliphatic heterocycles. The molecule has 0 saturated carbocycles. The van der Waals surface area contributed by atoms with E-state index < -0.39 is 36.3 Å². The van der Waals surface area contributed by atoms with E-state index in [2.05, 4.69) is 61.7 Å². The highest BCUT2D eigenvalue weighted by Gasteiger charge is 2.24. The van der Waals surface area contributed by atoms with Gasteiger partial charge in [0.2, 0.25) is 11.8 Å². The maximum Gasteiger partial charge on any atom is 0.322 e. The number of carbonyl (C=O) groups excluding carboxylic acids is 2. The minimum absolute atomic E-state index is 0.0314. The first-order chi connectivity index (χ1) is 40.2. The van der Waals surface area contributed by atoms with Crippen LogP contribution in [-0.2, 0) is 13.1 Å². The van der Waals surface area contributed by atoms with Crippen LogP contribution < -0.4 is 30.2 Å². The first-order valence-corrected chi connectivity index (χ1v) is 27.7. The van der Waals surface area contributed by atoms with Crippen LogP contribution in [0.2, 0.25) is 0 Å². The van der Waals surface area contributed by atoms with Crippen molar-refractivity contribution in [1.82, 2.24) is 35.9 Å². The van der Waals surface area contributed by atoms with Gasteiger partial charge >= 0.3 is 24.9 Å². The zero-order chi connectivity index (χ0) is 58.7. The van der Waals surface area contributed by atoms with Crippen molar-refractivity contribution in [3.8, 4) is 22.9 Å². The number of amides is 4. The first kappa shape index (κ1) is 60.7. The summed E-state index contributed by atoms with van der Waals surface area (Å²) >= 11 is 3.24. The molecule has 6 aromatic carbocycles. The summed E-state index contributed by atoms with van der Waals surface area (Å²) in [5, 5.41) is 19.8. The van der Waals surface area contributed by atoms with Gasteiger partial charge in [-0.3, -0.25) is 14.7 Å². The van der Waals surface area contributed by atoms with Crippen molar-refractivity contribution in [2.24, 2.45) is 0 Å². The van der Waals surface area contributed by atoms with E-state index in [1.54, 1.807) is 60.7 Å². The van der Waals surface area contributed by atoms with Gasteiger partial charge in [0, 0.05) is 109 Å². The third-order valence-corrected chi connectivity index (χ3v) is 13.7. The van der Waals surface area contributed by atoms with E-state index >= 15 is 4.39 Å². The Kier molecular flexibility index (Phi) is 22.0. The van der Waals surface area contributed by atoms with Crippen LogP contribution in [0.3, 0.4) is 0 Å². The van der Waals surface area contributed by atoms with Gasteiger partial charge in [0.1, 0.15) is 23.3 Å². The molecule has 24 heteroatoms. The SMILES string of the molecule is Fc1ccc(N2CCCCC2)cc1.O=C(NCCBr)N(Cc1ccc(-c2nnc(C(F)F)o2)cc1F)c1ccccc1.O=C(NCCN1CCN(c2ccc(F)cc2)CC1)N(Cc1ccc(-c2nnc(C(F)F)o2)cc1F)c1ccccc1. The summed E-state index contributed by atoms with van der Waals surface area (Å²) in [6.07, 6.45) is -1.98. The molecule has 0 bridgehead atoms. The summed E-state index contributed by atoms with van der Waals surface area (Å²) in [6, 6.07) is 38.3. The van der Waals surface area contributed by atoms with Gasteiger partial charge in [-0.15, -0.1) is 20.4 Å². The number of para-hydroxylation sites is 2. The van der Waals surface area contributed by atoms with Crippen LogP contribution in [0.1, 0.15) is 55.0 Å². The van der Waals surface area contributed by atoms with Crippen LogP contribution in [0, 0.1) is 23.3 Å². The third-order valence-electron chi connectivity index (χ3n) is 13.3. The topological polar surface area (TPSA) is 152 Å². The lowest BCUT2D eigenvalue weighted by atomic mass is 10.1. The van der Waals surface area contributed by atoms with Crippen molar-refractivity contribution in [2.45, 2.75) is 45.2 Å². The van der Waals surface area contributed by atoms with Gasteiger partial charge in [-0.1, -0.05) is 64.5 Å². The number of rotatable bonds is 17. The van der Waals surface area contributed by atoms with Crippen LogP contribution >= 0.6 is 15.9 Å². The maximum atomic E-state index is 15.1. The van der Waals surface area contributed by atoms with Crippen molar-refractivity contribution in [3.05, 3.63) is 192 Å². The smallest absolute Gasteiger partial charge is 0.322 e. The van der Waals surface area contributed by atoms with Gasteiger partial charge in [-0.2, -0.15) is 17.6 Å². The predicted molar refractivity (Wildman–Crippen MR) is 303 cm³/mol. The van der Waals surface area contributed by atoms with Crippen LogP contribution in [0.4, 0.5) is 67.5 Å². The highest BCUT2D eigenvalue weighted by atomic mass is 79.9. The molecule has 0 atom stereocenters. The molecule has 10 rings (SSSR count). The van der Waals surface area contributed by atoms with Gasteiger partial charge in [0.05, 0.1) is 13.1 Å². The molecule has 2 aliphatic rings. The molecule has 436 valence electrons. The molecule has 0 spiro atoms. The number of benzene rings is 6. The minimum atomic E-state index is -2.93. The molecule has 2 fully saturated rings. The number of piperazine rings is 1. The Morgan fingerprint density at radius 1 is 0.518 bits per heavy atom. The second-order valence-electron chi connectivity index (χ2n) is 18.9. The van der Waals surface area contributed by atoms with Crippen LogP contribution in [0.5, 0.6) is 0 Å². The Morgan fingerprint density at radius 2 is 0.940 bits per heavy atom. The molecule has 0 unspecified atom stereocenters. The number of halogens is 9. The van der Waals surface area contributed by atoms with Crippen LogP contribution in [0.25, 0.3) is 22.9 Å². The largest absolute Gasteiger partial charge is 0.415 e. The van der Waals surface area contributed by atoms with E-state index in [4.69, 9.17) is 8.83 Å². The summed E-state index contributed by atoms with van der Waals surface area (Å²) in [7, 11) is 0. The highest BCUT2D eigenvalue weighted by Crippen LogP contribution is 2.29. The molecule has 4 amide bonds. The monoisotopic (exact) mass is 1220 g/mol. The molecule has 4 heterocycles. The number of nitrogens with one attached hydrogen (secondary N) is 2. The van der Waals surface area contributed by atoms with E-state index in [1.807, 2.05) is 24.3 Å². The highest BCUT2D eigenvalue weighted by molar-refractivity contribution is 9.09. The number of anilines is 4. The second-order valence-corrected chi connectivity index (χ2v) is 19.7. The number of carbonyl (C=O) groups is 2. The number of nitrogens with zero attached hydrogens (tertiary/aromatic N) is 9. The average molecular weight is 1220 g/mol. The summed E-state index contributed by atoms with van der Waals surface area (Å²) in [5.41, 5.74) is 4.09. The van der Waals surface area contributed by atoms with Crippen molar-refractivity contribution in [1.29, 1.82) is 0 Å². The Hall–Kier alpha value is -8.38. The summed E-state index contributed by atoms with van der Waals surface area (Å²) in [6.45, 7) is 6.75. The lowest BCUT2D eigenvalue weighted by Crippen LogP contribution is -2.49. The van der Waals surface area contributed by atoms with Gasteiger partial charge in [0.25, 0.3) is 11.8 Å². The van der Waals surface area contributed by atoms with E-state index in [0.717, 1.165) is 62.8 Å². The molecule has 2 N–H and O–H groups in total.